The number of rotatable bonds is 3. The van der Waals surface area contributed by atoms with Crippen LogP contribution in [-0.4, -0.2) is 4.89 Å². The van der Waals surface area contributed by atoms with Crippen LogP contribution in [0.2, 0.25) is 0 Å². The smallest absolute Gasteiger partial charge is 0.408 e. The van der Waals surface area contributed by atoms with E-state index in [4.69, 9.17) is 14.0 Å². The Morgan fingerprint density at radius 3 is 1.64 bits per heavy atom. The van der Waals surface area contributed by atoms with Crippen molar-refractivity contribution < 1.29 is 23.5 Å². The summed E-state index contributed by atoms with van der Waals surface area (Å²) in [6.45, 7) is 0. The zero-order chi connectivity index (χ0) is 22.4. The molecule has 0 amide bonds. The monoisotopic (exact) mass is 454 g/mol. The van der Waals surface area contributed by atoms with Gasteiger partial charge < -0.3 is 14.4 Å². The Bertz CT molecular complexity index is 1440. The van der Waals surface area contributed by atoms with Crippen LogP contribution in [0.5, 0.6) is 11.5 Å². The molecule has 6 rings (SSSR count). The lowest BCUT2D eigenvalue weighted by molar-refractivity contribution is -0.262. The quantitative estimate of drug-likeness (QED) is 0.310. The zero-order valence-corrected chi connectivity index (χ0v) is 18.4. The van der Waals surface area contributed by atoms with Gasteiger partial charge in [-0.1, -0.05) is 78.9 Å². The summed E-state index contributed by atoms with van der Waals surface area (Å²) < 4.78 is 30.4. The van der Waals surface area contributed by atoms with Gasteiger partial charge in [-0.2, -0.15) is 0 Å². The summed E-state index contributed by atoms with van der Waals surface area (Å²) in [5, 5.41) is 4.05. The van der Waals surface area contributed by atoms with Gasteiger partial charge in [-0.25, -0.2) is 4.52 Å². The maximum atomic E-state index is 12.0. The second-order valence-electron chi connectivity index (χ2n) is 7.81. The van der Waals surface area contributed by atoms with Crippen molar-refractivity contribution in [2.24, 2.45) is 0 Å². The molecule has 1 heterocycles. The average Bonchev–Trinajstić information content (AvgIpc) is 2.99. The highest BCUT2D eigenvalue weighted by Gasteiger charge is 2.45. The third-order valence-electron chi connectivity index (χ3n) is 5.87. The van der Waals surface area contributed by atoms with E-state index < -0.39 is 14.2 Å². The number of benzene rings is 5. The molecule has 1 atom stereocenters. The van der Waals surface area contributed by atoms with Gasteiger partial charge in [-0.05, 0) is 45.8 Å². The van der Waals surface area contributed by atoms with Crippen LogP contribution in [0.25, 0.3) is 32.7 Å². The molecule has 1 aliphatic heterocycles. The van der Waals surface area contributed by atoms with Crippen LogP contribution < -0.4 is 9.47 Å². The summed E-state index contributed by atoms with van der Waals surface area (Å²) >= 11 is 0. The van der Waals surface area contributed by atoms with Crippen LogP contribution in [0, 0.1) is 0 Å². The molecule has 1 aliphatic rings. The topological polar surface area (TPSA) is 65.0 Å². The predicted octanol–water partition coefficient (Wildman–Crippen LogP) is 6.64. The molecule has 0 saturated carbocycles. The Morgan fingerprint density at radius 2 is 1.12 bits per heavy atom. The van der Waals surface area contributed by atoms with Crippen molar-refractivity contribution in [2.45, 2.75) is 5.97 Å². The molecule has 0 radical (unpaired) electrons. The van der Waals surface area contributed by atoms with Gasteiger partial charge in [0.15, 0.2) is 0 Å². The van der Waals surface area contributed by atoms with Crippen LogP contribution in [0.15, 0.2) is 103 Å². The van der Waals surface area contributed by atoms with E-state index in [1.54, 1.807) is 24.3 Å². The van der Waals surface area contributed by atoms with Gasteiger partial charge >= 0.3 is 14.2 Å². The van der Waals surface area contributed by atoms with Crippen molar-refractivity contribution in [1.29, 1.82) is 0 Å². The minimum Gasteiger partial charge on any atom is -0.425 e. The van der Waals surface area contributed by atoms with Gasteiger partial charge in [0.25, 0.3) is 0 Å². The lowest BCUT2D eigenvalue weighted by atomic mass is 9.92. The van der Waals surface area contributed by atoms with E-state index in [-0.39, 0.29) is 0 Å². The molecule has 5 nitrogen and oxygen atoms in total. The molecule has 1 unspecified atom stereocenters. The van der Waals surface area contributed by atoms with E-state index in [0.717, 1.165) is 32.7 Å². The van der Waals surface area contributed by atoms with E-state index in [2.05, 4.69) is 0 Å². The van der Waals surface area contributed by atoms with Crippen LogP contribution in [0.3, 0.4) is 0 Å². The first-order valence-corrected chi connectivity index (χ1v) is 11.8. The summed E-state index contributed by atoms with van der Waals surface area (Å²) in [7, 11) is -3.44. The van der Waals surface area contributed by atoms with Crippen LogP contribution in [0.4, 0.5) is 0 Å². The van der Waals surface area contributed by atoms with Gasteiger partial charge in [-0.3, -0.25) is 4.57 Å². The largest absolute Gasteiger partial charge is 0.425 e. The zero-order valence-electron chi connectivity index (χ0n) is 17.4. The van der Waals surface area contributed by atoms with Gasteiger partial charge in [-0.15, -0.1) is 0 Å². The first-order valence-electron chi connectivity index (χ1n) is 10.5. The first-order chi connectivity index (χ1) is 16.1. The fourth-order valence-corrected chi connectivity index (χ4v) is 4.91. The summed E-state index contributed by atoms with van der Waals surface area (Å²) in [6, 6.07) is 32.7. The highest BCUT2D eigenvalue weighted by molar-refractivity contribution is 7.32. The van der Waals surface area contributed by atoms with Gasteiger partial charge in [0, 0.05) is 11.1 Å². The third-order valence-corrected chi connectivity index (χ3v) is 6.31. The van der Waals surface area contributed by atoms with E-state index in [1.165, 1.54) is 0 Å². The van der Waals surface area contributed by atoms with Crippen molar-refractivity contribution in [3.63, 3.8) is 0 Å². The van der Waals surface area contributed by atoms with Crippen LogP contribution >= 0.6 is 8.25 Å². The molecular weight excluding hydrogens is 435 g/mol. The van der Waals surface area contributed by atoms with Gasteiger partial charge in [0.2, 0.25) is 0 Å². The molecule has 0 aromatic heterocycles. The van der Waals surface area contributed by atoms with Gasteiger partial charge in [0.1, 0.15) is 11.5 Å². The molecule has 0 fully saturated rings. The fourth-order valence-electron chi connectivity index (χ4n) is 4.47. The van der Waals surface area contributed by atoms with Crippen LogP contribution in [0.1, 0.15) is 5.56 Å². The standard InChI is InChI=1S/C27H19O5P/c28-33(29)32-27(20-10-2-1-3-11-20)30-23-16-14-18-8-4-6-12-21(18)25(23)26-22-13-7-5-9-19(22)15-17-24(26)31-27/h1-17,33H,(H,28,29). The van der Waals surface area contributed by atoms with Crippen LogP contribution in [-0.2, 0) is 15.1 Å². The molecule has 6 heteroatoms. The highest BCUT2D eigenvalue weighted by Crippen LogP contribution is 2.52. The second-order valence-corrected chi connectivity index (χ2v) is 8.55. The molecule has 0 bridgehead atoms. The lowest BCUT2D eigenvalue weighted by Gasteiger charge is -2.31. The molecule has 162 valence electrons. The van der Waals surface area contributed by atoms with Crippen molar-refractivity contribution in [1.82, 2.24) is 0 Å². The Morgan fingerprint density at radius 1 is 0.636 bits per heavy atom. The summed E-state index contributed by atoms with van der Waals surface area (Å²) in [6.07, 6.45) is 0. The van der Waals surface area contributed by atoms with E-state index in [1.807, 2.05) is 78.9 Å². The maximum absolute atomic E-state index is 12.0. The minimum atomic E-state index is -3.44. The fraction of sp³-hybridized carbons (Fsp3) is 0.0370. The number of hydrogen-bond acceptors (Lipinski definition) is 4. The SMILES string of the molecule is O=[PH](O)OC1(c2ccccc2)Oc2ccc3ccccc3c2-c2c(ccc3ccccc23)O1. The number of fused-ring (bicyclic) bond motifs is 7. The Hall–Kier alpha value is -3.63. The molecule has 5 aromatic carbocycles. The van der Waals surface area contributed by atoms with E-state index in [0.29, 0.717) is 17.1 Å². The minimum absolute atomic E-state index is 0.470. The van der Waals surface area contributed by atoms with Crippen molar-refractivity contribution >= 4 is 29.8 Å². The maximum Gasteiger partial charge on any atom is 0.408 e. The third kappa shape index (κ3) is 3.30. The normalized spacial score (nSPS) is 15.1. The molecule has 33 heavy (non-hydrogen) atoms. The molecular formula is C27H19O5P. The number of hydrogen-bond donors (Lipinski definition) is 1. The van der Waals surface area contributed by atoms with E-state index >= 15 is 0 Å². The first kappa shape index (κ1) is 20.0. The summed E-state index contributed by atoms with van der Waals surface area (Å²) in [5.41, 5.74) is 2.16. The van der Waals surface area contributed by atoms with E-state index in [9.17, 15) is 9.46 Å². The highest BCUT2D eigenvalue weighted by atomic mass is 31.1. The molecule has 0 aliphatic carbocycles. The predicted molar refractivity (Wildman–Crippen MR) is 129 cm³/mol. The Labute approximate surface area is 190 Å². The molecule has 0 saturated heterocycles. The van der Waals surface area contributed by atoms with Crippen molar-refractivity contribution in [3.05, 3.63) is 109 Å². The summed E-state index contributed by atoms with van der Waals surface area (Å²) in [4.78, 5) is 9.83. The molecule has 5 aromatic rings. The summed E-state index contributed by atoms with van der Waals surface area (Å²) in [5.74, 6) is -0.941. The Kier molecular flexibility index (Phi) is 4.70. The van der Waals surface area contributed by atoms with Crippen molar-refractivity contribution in [3.8, 4) is 22.6 Å². The number of ether oxygens (including phenoxy) is 2. The van der Waals surface area contributed by atoms with Gasteiger partial charge in [0.05, 0.1) is 5.56 Å². The molecule has 0 spiro atoms. The lowest BCUT2D eigenvalue weighted by Crippen LogP contribution is -2.40. The molecule has 1 N–H and O–H groups in total. The van der Waals surface area contributed by atoms with Crippen molar-refractivity contribution in [2.75, 3.05) is 0 Å². The average molecular weight is 454 g/mol. The second kappa shape index (κ2) is 7.75. The Balaban J connectivity index is 1.75.